The Bertz CT molecular complexity index is 2920. The van der Waals surface area contributed by atoms with E-state index in [0.29, 0.717) is 0 Å². The normalized spacial score (nSPS) is 11.7. The molecule has 260 valence electrons. The molecule has 1 N–H and O–H groups in total. The van der Waals surface area contributed by atoms with E-state index in [9.17, 15) is 4.89 Å². The van der Waals surface area contributed by atoms with Crippen molar-refractivity contribution in [1.29, 1.82) is 0 Å². The molecule has 1 aromatic heterocycles. The Hall–Kier alpha value is -6.64. The number of benzene rings is 9. The van der Waals surface area contributed by atoms with E-state index in [2.05, 4.69) is 156 Å². The van der Waals surface area contributed by atoms with Gasteiger partial charge in [-0.1, -0.05) is 152 Å². The van der Waals surface area contributed by atoms with E-state index < -0.39 is 7.49 Å². The quantitative estimate of drug-likeness (QED) is 0.166. The van der Waals surface area contributed by atoms with Gasteiger partial charge in [-0.2, -0.15) is 5.10 Å². The van der Waals surface area contributed by atoms with Gasteiger partial charge >= 0.3 is 0 Å². The first kappa shape index (κ1) is 33.0. The fourth-order valence-corrected chi connectivity index (χ4v) is 10.7. The smallest absolute Gasteiger partial charge is 0.235 e. The third-order valence-corrected chi connectivity index (χ3v) is 13.8. The third kappa shape index (κ3) is 5.73. The van der Waals surface area contributed by atoms with Gasteiger partial charge in [-0.15, -0.1) is 0 Å². The average Bonchev–Trinajstić information content (AvgIpc) is 3.68. The van der Waals surface area contributed by atoms with E-state index in [1.807, 2.05) is 60.7 Å². The van der Waals surface area contributed by atoms with Gasteiger partial charge in [-0.25, -0.2) is 9.58 Å². The molecule has 55 heavy (non-hydrogen) atoms. The van der Waals surface area contributed by atoms with Gasteiger partial charge in [0.15, 0.2) is 0 Å². The van der Waals surface area contributed by atoms with Crippen LogP contribution in [0.3, 0.4) is 0 Å². The molecule has 0 bridgehead atoms. The van der Waals surface area contributed by atoms with Crippen LogP contribution in [0.15, 0.2) is 212 Å². The number of rotatable bonds is 7. The average molecular weight is 724 g/mol. The third-order valence-electron chi connectivity index (χ3n) is 10.7. The summed E-state index contributed by atoms with van der Waals surface area (Å²) in [7, 11) is -2.82. The van der Waals surface area contributed by atoms with Crippen molar-refractivity contribution in [1.82, 2.24) is 9.78 Å². The summed E-state index contributed by atoms with van der Waals surface area (Å²) < 4.78 is 2.13. The minimum atomic E-state index is -2.82. The molecule has 0 saturated heterocycles. The van der Waals surface area contributed by atoms with Gasteiger partial charge in [-0.05, 0) is 99.1 Å². The molecule has 0 spiro atoms. The number of aromatic nitrogens is 2. The summed E-state index contributed by atoms with van der Waals surface area (Å²) in [4.78, 5) is 12.5. The molecule has 9 aromatic carbocycles. The van der Waals surface area contributed by atoms with Crippen molar-refractivity contribution in [3.63, 3.8) is 0 Å². The summed E-state index contributed by atoms with van der Waals surface area (Å²) in [6.07, 6.45) is 0. The summed E-state index contributed by atoms with van der Waals surface area (Å²) in [5.41, 5.74) is 8.75. The van der Waals surface area contributed by atoms with E-state index in [-0.39, 0.29) is 0 Å². The van der Waals surface area contributed by atoms with Crippen molar-refractivity contribution in [2.45, 2.75) is 0 Å². The lowest BCUT2D eigenvalue weighted by atomic mass is 9.94. The molecular weight excluding hydrogens is 688 g/mol. The molecule has 10 rings (SSSR count). The van der Waals surface area contributed by atoms with Gasteiger partial charge in [0.25, 0.3) is 0 Å². The molecule has 0 fully saturated rings. The maximum absolute atomic E-state index is 12.5. The topological polar surface area (TPSA) is 38.0 Å². The summed E-state index contributed by atoms with van der Waals surface area (Å²) in [5.74, 6) is 0. The first-order valence-electron chi connectivity index (χ1n) is 18.6. The lowest BCUT2D eigenvalue weighted by Gasteiger charge is -2.20. The molecule has 0 atom stereocenters. The van der Waals surface area contributed by atoms with Crippen LogP contribution in [0, 0.1) is 0 Å². The van der Waals surface area contributed by atoms with Crippen molar-refractivity contribution < 1.29 is 4.89 Å². The highest BCUT2D eigenvalue weighted by molar-refractivity contribution is 7.91. The fourth-order valence-electron chi connectivity index (χ4n) is 7.96. The molecule has 0 aliphatic rings. The molecule has 0 radical (unpaired) electrons. The van der Waals surface area contributed by atoms with Crippen LogP contribution in [0.4, 0.5) is 0 Å². The molecule has 0 amide bonds. The van der Waals surface area contributed by atoms with E-state index in [1.54, 1.807) is 0 Å². The summed E-state index contributed by atoms with van der Waals surface area (Å²) in [6, 6.07) is 74.0. The van der Waals surface area contributed by atoms with Gasteiger partial charge in [0.2, 0.25) is 7.49 Å². The Balaban J connectivity index is 1.07. The summed E-state index contributed by atoms with van der Waals surface area (Å²) in [5, 5.41) is 13.9. The Labute approximate surface area is 320 Å². The van der Waals surface area contributed by atoms with Gasteiger partial charge in [0, 0.05) is 16.3 Å². The Kier molecular flexibility index (Phi) is 8.18. The zero-order valence-corrected chi connectivity index (χ0v) is 30.9. The van der Waals surface area contributed by atoms with Crippen molar-refractivity contribution in [3.05, 3.63) is 212 Å². The van der Waals surface area contributed by atoms with E-state index in [1.165, 1.54) is 21.9 Å². The lowest BCUT2D eigenvalue weighted by molar-refractivity contribution is 0.633. The molecule has 4 heteroatoms. The van der Waals surface area contributed by atoms with Crippen molar-refractivity contribution >= 4 is 55.9 Å². The second-order valence-corrected chi connectivity index (χ2v) is 16.8. The first-order valence-corrected chi connectivity index (χ1v) is 20.3. The molecule has 1 heterocycles. The Morgan fingerprint density at radius 2 is 0.945 bits per heavy atom. The summed E-state index contributed by atoms with van der Waals surface area (Å²) in [6.45, 7) is 0. The first-order chi connectivity index (χ1) is 27.1. The molecule has 10 aromatic rings. The molecule has 0 saturated carbocycles. The Morgan fingerprint density at radius 3 is 1.62 bits per heavy atom. The van der Waals surface area contributed by atoms with Gasteiger partial charge < -0.3 is 0 Å². The van der Waals surface area contributed by atoms with Crippen LogP contribution < -0.4 is 15.9 Å². The van der Waals surface area contributed by atoms with E-state index in [0.717, 1.165) is 65.7 Å². The van der Waals surface area contributed by atoms with Crippen LogP contribution in [0.25, 0.3) is 71.6 Å². The van der Waals surface area contributed by atoms with Crippen LogP contribution in [0.5, 0.6) is 0 Å². The second kappa shape index (κ2) is 13.6. The summed E-state index contributed by atoms with van der Waals surface area (Å²) >= 11 is 0. The van der Waals surface area contributed by atoms with Crippen molar-refractivity contribution in [3.8, 4) is 39.2 Å². The maximum atomic E-state index is 12.5. The van der Waals surface area contributed by atoms with Gasteiger partial charge in [0.05, 0.1) is 11.2 Å². The largest absolute Gasteiger partial charge is 0.238 e. The van der Waals surface area contributed by atoms with Crippen molar-refractivity contribution in [2.75, 3.05) is 0 Å². The predicted octanol–water partition coefficient (Wildman–Crippen LogP) is 11.5. The van der Waals surface area contributed by atoms with E-state index in [4.69, 9.17) is 5.10 Å². The Morgan fingerprint density at radius 1 is 0.400 bits per heavy atom. The monoisotopic (exact) mass is 723 g/mol. The predicted molar refractivity (Wildman–Crippen MR) is 233 cm³/mol. The highest BCUT2D eigenvalue weighted by Crippen LogP contribution is 2.51. The number of hydrogen-bond acceptors (Lipinski definition) is 2. The van der Waals surface area contributed by atoms with Crippen LogP contribution in [-0.4, -0.2) is 14.7 Å². The standard InChI is InChI=1S/C51H36N2OP/c54-55(44-20-9-3-10-21-44,45-22-11-4-12-23-45)46-32-29-40-33-39(25-26-41(40)34-46)36-27-30-43(31-28-36)53-51-47-24-14-13-19-42(47)35-48(37-15-5-1-6-16-37)49(51)50(52-53)38-17-7-2-8-18-38/h1-35,54H/q+1. The van der Waals surface area contributed by atoms with E-state index >= 15 is 0 Å². The minimum Gasteiger partial charge on any atom is -0.235 e. The molecule has 0 aliphatic carbocycles. The lowest BCUT2D eigenvalue weighted by Crippen LogP contribution is -2.30. The second-order valence-electron chi connectivity index (χ2n) is 14.0. The molecule has 0 unspecified atom stereocenters. The zero-order valence-electron chi connectivity index (χ0n) is 30.0. The highest BCUT2D eigenvalue weighted by atomic mass is 31.2. The number of hydrogen-bond donors (Lipinski definition) is 1. The van der Waals surface area contributed by atoms with Crippen LogP contribution in [-0.2, 0) is 0 Å². The van der Waals surface area contributed by atoms with Gasteiger partial charge in [-0.3, -0.25) is 0 Å². The fraction of sp³-hybridized carbons (Fsp3) is 0. The molecular formula is C51H36N2OP+. The highest BCUT2D eigenvalue weighted by Gasteiger charge is 2.44. The zero-order chi connectivity index (χ0) is 36.8. The van der Waals surface area contributed by atoms with Crippen LogP contribution >= 0.6 is 7.49 Å². The van der Waals surface area contributed by atoms with Crippen LogP contribution in [0.2, 0.25) is 0 Å². The SMILES string of the molecule is O[P+](c1ccccc1)(c1ccccc1)c1ccc2cc(-c3ccc(-n4nc(-c5ccccc5)c5c(-c6ccccc6)cc6ccccc6c54)cc3)ccc2c1. The number of nitrogens with zero attached hydrogens (tertiary/aromatic N) is 2. The maximum Gasteiger partial charge on any atom is 0.238 e. The molecule has 0 aliphatic heterocycles. The number of fused-ring (bicyclic) bond motifs is 4. The van der Waals surface area contributed by atoms with Crippen LogP contribution in [0.1, 0.15) is 0 Å². The molecule has 3 nitrogen and oxygen atoms in total. The van der Waals surface area contributed by atoms with Crippen molar-refractivity contribution in [2.24, 2.45) is 0 Å². The minimum absolute atomic E-state index is 0.943. The van der Waals surface area contributed by atoms with Gasteiger partial charge in [0.1, 0.15) is 21.6 Å².